The highest BCUT2D eigenvalue weighted by Gasteiger charge is 2.07. The Balaban J connectivity index is 2.03. The van der Waals surface area contributed by atoms with Crippen LogP contribution < -0.4 is 10.1 Å². The van der Waals surface area contributed by atoms with E-state index in [1.54, 1.807) is 0 Å². The van der Waals surface area contributed by atoms with E-state index in [4.69, 9.17) is 9.47 Å². The van der Waals surface area contributed by atoms with E-state index >= 15 is 0 Å². The SMILES string of the molecule is CCOC(C)CNCC(O)COc1cnsn1. The summed E-state index contributed by atoms with van der Waals surface area (Å²) in [5.74, 6) is 0.455. The number of hydrogen-bond acceptors (Lipinski definition) is 7. The molecule has 7 heteroatoms. The molecule has 0 bridgehead atoms. The summed E-state index contributed by atoms with van der Waals surface area (Å²) in [7, 11) is 0. The van der Waals surface area contributed by atoms with Crippen LogP contribution in [0.4, 0.5) is 0 Å². The van der Waals surface area contributed by atoms with Crippen LogP contribution in [0.25, 0.3) is 0 Å². The Morgan fingerprint density at radius 1 is 1.53 bits per heavy atom. The van der Waals surface area contributed by atoms with Gasteiger partial charge < -0.3 is 19.9 Å². The van der Waals surface area contributed by atoms with Crippen LogP contribution in [-0.2, 0) is 4.74 Å². The Bertz CT molecular complexity index is 284. The van der Waals surface area contributed by atoms with Crippen molar-refractivity contribution in [3.8, 4) is 5.88 Å². The monoisotopic (exact) mass is 261 g/mol. The van der Waals surface area contributed by atoms with E-state index < -0.39 is 6.10 Å². The minimum absolute atomic E-state index is 0.149. The smallest absolute Gasteiger partial charge is 0.245 e. The van der Waals surface area contributed by atoms with Gasteiger partial charge in [0.1, 0.15) is 18.9 Å². The quantitative estimate of drug-likeness (QED) is 0.665. The van der Waals surface area contributed by atoms with Gasteiger partial charge in [-0.25, -0.2) is 0 Å². The molecule has 0 radical (unpaired) electrons. The number of aliphatic hydroxyl groups is 1. The second kappa shape index (κ2) is 8.35. The number of aromatic nitrogens is 2. The van der Waals surface area contributed by atoms with Gasteiger partial charge in [-0.3, -0.25) is 0 Å². The van der Waals surface area contributed by atoms with Crippen LogP contribution in [0.2, 0.25) is 0 Å². The van der Waals surface area contributed by atoms with E-state index in [0.29, 0.717) is 25.6 Å². The van der Waals surface area contributed by atoms with Crippen LogP contribution in [-0.4, -0.2) is 52.4 Å². The van der Waals surface area contributed by atoms with Gasteiger partial charge in [0.15, 0.2) is 0 Å². The molecule has 1 heterocycles. The second-order valence-electron chi connectivity index (χ2n) is 3.63. The third kappa shape index (κ3) is 6.52. The Kier molecular flexibility index (Phi) is 7.02. The van der Waals surface area contributed by atoms with Crippen molar-refractivity contribution in [2.45, 2.75) is 26.1 Å². The predicted octanol–water partition coefficient (Wildman–Crippen LogP) is 0.292. The van der Waals surface area contributed by atoms with Crippen molar-refractivity contribution in [1.29, 1.82) is 0 Å². The van der Waals surface area contributed by atoms with Crippen molar-refractivity contribution >= 4 is 11.7 Å². The lowest BCUT2D eigenvalue weighted by atomic mass is 10.3. The van der Waals surface area contributed by atoms with Crippen LogP contribution in [0.1, 0.15) is 13.8 Å². The van der Waals surface area contributed by atoms with Crippen LogP contribution in [0, 0.1) is 0 Å². The molecule has 1 rings (SSSR count). The minimum atomic E-state index is -0.564. The Morgan fingerprint density at radius 2 is 2.35 bits per heavy atom. The Hall–Kier alpha value is -0.760. The molecular formula is C10H19N3O3S. The molecule has 1 aromatic rings. The summed E-state index contributed by atoms with van der Waals surface area (Å²) in [6, 6.07) is 0. The van der Waals surface area contributed by atoms with E-state index in [2.05, 4.69) is 14.1 Å². The fourth-order valence-electron chi connectivity index (χ4n) is 1.26. The summed E-state index contributed by atoms with van der Waals surface area (Å²) in [5, 5.41) is 12.7. The minimum Gasteiger partial charge on any atom is -0.473 e. The average molecular weight is 261 g/mol. The van der Waals surface area contributed by atoms with Crippen LogP contribution in [0.15, 0.2) is 6.20 Å². The molecule has 1 aromatic heterocycles. The number of hydrogen-bond donors (Lipinski definition) is 2. The largest absolute Gasteiger partial charge is 0.473 e. The summed E-state index contributed by atoms with van der Waals surface area (Å²) in [6.07, 6.45) is 1.11. The molecule has 0 aliphatic heterocycles. The van der Waals surface area contributed by atoms with Crippen molar-refractivity contribution in [3.05, 3.63) is 6.20 Å². The fraction of sp³-hybridized carbons (Fsp3) is 0.800. The van der Waals surface area contributed by atoms with Gasteiger partial charge >= 0.3 is 0 Å². The topological polar surface area (TPSA) is 76.5 Å². The predicted molar refractivity (Wildman–Crippen MR) is 65.4 cm³/mol. The van der Waals surface area contributed by atoms with Gasteiger partial charge in [0.25, 0.3) is 0 Å². The first-order valence-electron chi connectivity index (χ1n) is 5.63. The van der Waals surface area contributed by atoms with Crippen LogP contribution in [0.3, 0.4) is 0 Å². The lowest BCUT2D eigenvalue weighted by molar-refractivity contribution is 0.0668. The van der Waals surface area contributed by atoms with Gasteiger partial charge in [-0.1, -0.05) is 0 Å². The highest BCUT2D eigenvalue weighted by atomic mass is 32.1. The van der Waals surface area contributed by atoms with E-state index in [-0.39, 0.29) is 12.7 Å². The van der Waals surface area contributed by atoms with Crippen molar-refractivity contribution in [2.24, 2.45) is 0 Å². The lowest BCUT2D eigenvalue weighted by Gasteiger charge is -2.15. The van der Waals surface area contributed by atoms with E-state index in [1.165, 1.54) is 6.20 Å². The molecule has 98 valence electrons. The van der Waals surface area contributed by atoms with Crippen molar-refractivity contribution in [3.63, 3.8) is 0 Å². The maximum Gasteiger partial charge on any atom is 0.245 e. The summed E-state index contributed by atoms with van der Waals surface area (Å²) < 4.78 is 18.3. The van der Waals surface area contributed by atoms with E-state index in [9.17, 15) is 5.11 Å². The van der Waals surface area contributed by atoms with Gasteiger partial charge in [0.2, 0.25) is 5.88 Å². The lowest BCUT2D eigenvalue weighted by Crippen LogP contribution is -2.35. The molecule has 0 spiro atoms. The fourth-order valence-corrected chi connectivity index (χ4v) is 1.62. The first-order valence-corrected chi connectivity index (χ1v) is 6.36. The van der Waals surface area contributed by atoms with Gasteiger partial charge in [-0.15, -0.1) is 4.37 Å². The molecule has 0 saturated heterocycles. The van der Waals surface area contributed by atoms with Crippen molar-refractivity contribution < 1.29 is 14.6 Å². The highest BCUT2D eigenvalue weighted by Crippen LogP contribution is 2.04. The second-order valence-corrected chi connectivity index (χ2v) is 4.19. The molecule has 0 aromatic carbocycles. The van der Waals surface area contributed by atoms with E-state index in [1.807, 2.05) is 13.8 Å². The number of nitrogens with one attached hydrogen (secondary N) is 1. The molecule has 17 heavy (non-hydrogen) atoms. The molecule has 2 atom stereocenters. The standard InChI is InChI=1S/C10H19N3O3S/c1-3-15-8(2)4-11-5-9(14)7-16-10-6-12-17-13-10/h6,8-9,11,14H,3-5,7H2,1-2H3. The molecule has 2 N–H and O–H groups in total. The first-order chi connectivity index (χ1) is 8.22. The Labute approximate surface area is 105 Å². The zero-order valence-electron chi connectivity index (χ0n) is 10.1. The number of ether oxygens (including phenoxy) is 2. The molecule has 0 amide bonds. The summed E-state index contributed by atoms with van der Waals surface area (Å²) in [6.45, 7) is 6.03. The molecular weight excluding hydrogens is 242 g/mol. The maximum atomic E-state index is 9.62. The molecule has 2 unspecified atom stereocenters. The van der Waals surface area contributed by atoms with Crippen LogP contribution >= 0.6 is 11.7 Å². The molecule has 0 fully saturated rings. The summed E-state index contributed by atoms with van der Waals surface area (Å²) >= 11 is 1.08. The molecule has 6 nitrogen and oxygen atoms in total. The third-order valence-electron chi connectivity index (χ3n) is 2.03. The number of aliphatic hydroxyl groups excluding tert-OH is 1. The van der Waals surface area contributed by atoms with Gasteiger partial charge in [-0.2, -0.15) is 4.37 Å². The van der Waals surface area contributed by atoms with Gasteiger partial charge in [0.05, 0.1) is 17.8 Å². The Morgan fingerprint density at radius 3 is 3.00 bits per heavy atom. The molecule has 0 aliphatic carbocycles. The summed E-state index contributed by atoms with van der Waals surface area (Å²) in [5.41, 5.74) is 0. The van der Waals surface area contributed by atoms with Gasteiger partial charge in [-0.05, 0) is 13.8 Å². The summed E-state index contributed by atoms with van der Waals surface area (Å²) in [4.78, 5) is 0. The number of rotatable bonds is 9. The maximum absolute atomic E-state index is 9.62. The molecule has 0 aliphatic rings. The van der Waals surface area contributed by atoms with Crippen molar-refractivity contribution in [2.75, 3.05) is 26.3 Å². The van der Waals surface area contributed by atoms with Crippen molar-refractivity contribution in [1.82, 2.24) is 14.1 Å². The highest BCUT2D eigenvalue weighted by molar-refractivity contribution is 6.99. The van der Waals surface area contributed by atoms with Gasteiger partial charge in [0, 0.05) is 19.7 Å². The normalized spacial score (nSPS) is 14.5. The first kappa shape index (κ1) is 14.3. The van der Waals surface area contributed by atoms with E-state index in [0.717, 1.165) is 11.7 Å². The molecule has 0 saturated carbocycles. The zero-order valence-corrected chi connectivity index (χ0v) is 10.9. The third-order valence-corrected chi connectivity index (χ3v) is 2.49. The van der Waals surface area contributed by atoms with Crippen LogP contribution in [0.5, 0.6) is 5.88 Å². The number of nitrogens with zero attached hydrogens (tertiary/aromatic N) is 2. The zero-order chi connectivity index (χ0) is 12.5. The average Bonchev–Trinajstić information content (AvgIpc) is 2.79.